The van der Waals surface area contributed by atoms with Crippen molar-refractivity contribution >= 4 is 38.9 Å². The summed E-state index contributed by atoms with van der Waals surface area (Å²) >= 11 is 0. The summed E-state index contributed by atoms with van der Waals surface area (Å²) in [6, 6.07) is 63.3. The number of nitrogens with zero attached hydrogens (tertiary/aromatic N) is 2. The normalized spacial score (nSPS) is 11.2. The molecular weight excluding hydrogens is 544 g/mol. The van der Waals surface area contributed by atoms with Gasteiger partial charge in [-0.3, -0.25) is 0 Å². The average Bonchev–Trinajstić information content (AvgIpc) is 3.44. The topological polar surface area (TPSA) is 8.17 Å². The van der Waals surface area contributed by atoms with E-state index < -0.39 is 0 Å². The molecule has 0 amide bonds. The second-order valence-electron chi connectivity index (χ2n) is 11.5. The van der Waals surface area contributed by atoms with Crippen molar-refractivity contribution in [1.29, 1.82) is 0 Å². The second-order valence-corrected chi connectivity index (χ2v) is 11.5. The fraction of sp³-hybridized carbons (Fsp3) is 0.0233. The Morgan fingerprint density at radius 3 is 1.60 bits per heavy atom. The van der Waals surface area contributed by atoms with Gasteiger partial charge in [-0.05, 0) is 95.9 Å². The zero-order valence-corrected chi connectivity index (χ0v) is 25.1. The first kappa shape index (κ1) is 26.7. The predicted octanol–water partition coefficient (Wildman–Crippen LogP) is 11.9. The molecule has 0 fully saturated rings. The van der Waals surface area contributed by atoms with Crippen molar-refractivity contribution in [3.63, 3.8) is 0 Å². The van der Waals surface area contributed by atoms with Crippen molar-refractivity contribution in [3.8, 4) is 27.9 Å². The zero-order chi connectivity index (χ0) is 30.2. The quantitative estimate of drug-likeness (QED) is 0.191. The van der Waals surface area contributed by atoms with E-state index in [0.717, 1.165) is 22.7 Å². The zero-order valence-electron chi connectivity index (χ0n) is 25.1. The number of anilines is 3. The molecular formula is C43H32N2. The number of hydrogen-bond acceptors (Lipinski definition) is 1. The van der Waals surface area contributed by atoms with Crippen LogP contribution in [-0.4, -0.2) is 4.57 Å². The van der Waals surface area contributed by atoms with E-state index in [-0.39, 0.29) is 0 Å². The second kappa shape index (κ2) is 11.3. The molecule has 8 aromatic rings. The van der Waals surface area contributed by atoms with Crippen molar-refractivity contribution < 1.29 is 0 Å². The largest absolute Gasteiger partial charge is 0.311 e. The van der Waals surface area contributed by atoms with Gasteiger partial charge in [0.2, 0.25) is 0 Å². The molecule has 0 radical (unpaired) electrons. The van der Waals surface area contributed by atoms with E-state index >= 15 is 0 Å². The highest BCUT2D eigenvalue weighted by Gasteiger charge is 2.18. The molecule has 0 aliphatic rings. The minimum Gasteiger partial charge on any atom is -0.311 e. The third kappa shape index (κ3) is 4.87. The Balaban J connectivity index is 1.33. The van der Waals surface area contributed by atoms with Crippen molar-refractivity contribution in [2.24, 2.45) is 0 Å². The number of para-hydroxylation sites is 3. The van der Waals surface area contributed by atoms with Crippen LogP contribution in [0.4, 0.5) is 17.1 Å². The van der Waals surface area contributed by atoms with E-state index in [1.165, 1.54) is 49.6 Å². The molecule has 8 rings (SSSR count). The summed E-state index contributed by atoms with van der Waals surface area (Å²) < 4.78 is 2.39. The fourth-order valence-electron chi connectivity index (χ4n) is 6.47. The lowest BCUT2D eigenvalue weighted by Crippen LogP contribution is -2.09. The number of hydrogen-bond donors (Lipinski definition) is 0. The van der Waals surface area contributed by atoms with Gasteiger partial charge >= 0.3 is 0 Å². The molecule has 2 nitrogen and oxygen atoms in total. The number of benzene rings is 7. The molecule has 0 spiro atoms. The number of aromatic nitrogens is 1. The standard InChI is InChI=1S/C43H32N2/c1-31-21-25-36(26-22-31)44(34-15-7-3-8-16-34)37-27-23-33(24-28-37)39-29-41-38-19-11-12-20-42(38)45(35-17-9-4-10-18-35)43(41)30-40(39)32-13-5-2-6-14-32/h2-30H,1H3. The van der Waals surface area contributed by atoms with Crippen LogP contribution in [0.5, 0.6) is 0 Å². The maximum Gasteiger partial charge on any atom is 0.0547 e. The van der Waals surface area contributed by atoms with Gasteiger partial charge < -0.3 is 9.47 Å². The summed E-state index contributed by atoms with van der Waals surface area (Å²) in [6.45, 7) is 2.13. The summed E-state index contributed by atoms with van der Waals surface area (Å²) in [4.78, 5) is 2.32. The summed E-state index contributed by atoms with van der Waals surface area (Å²) in [5.41, 5.74) is 13.1. The number of rotatable bonds is 6. The van der Waals surface area contributed by atoms with Gasteiger partial charge in [-0.2, -0.15) is 0 Å². The lowest BCUT2D eigenvalue weighted by atomic mass is 9.92. The van der Waals surface area contributed by atoms with Gasteiger partial charge in [0, 0.05) is 33.5 Å². The maximum atomic E-state index is 2.39. The molecule has 45 heavy (non-hydrogen) atoms. The summed E-state index contributed by atoms with van der Waals surface area (Å²) in [5, 5.41) is 2.50. The van der Waals surface area contributed by atoms with Crippen LogP contribution in [0.3, 0.4) is 0 Å². The van der Waals surface area contributed by atoms with Gasteiger partial charge in [-0.15, -0.1) is 0 Å². The SMILES string of the molecule is Cc1ccc(N(c2ccccc2)c2ccc(-c3cc4c5ccccc5n(-c5ccccc5)c4cc3-c3ccccc3)cc2)cc1. The minimum absolute atomic E-state index is 1.12. The highest BCUT2D eigenvalue weighted by Crippen LogP contribution is 2.42. The van der Waals surface area contributed by atoms with Crippen LogP contribution in [0.1, 0.15) is 5.56 Å². The Hall–Kier alpha value is -5.86. The molecule has 1 aromatic heterocycles. The van der Waals surface area contributed by atoms with Gasteiger partial charge in [-0.25, -0.2) is 0 Å². The van der Waals surface area contributed by atoms with Crippen molar-refractivity contribution in [2.75, 3.05) is 4.90 Å². The first-order valence-electron chi connectivity index (χ1n) is 15.4. The third-order valence-corrected chi connectivity index (χ3v) is 8.65. The molecule has 1 heterocycles. The van der Waals surface area contributed by atoms with Gasteiger partial charge in [-0.1, -0.05) is 115 Å². The minimum atomic E-state index is 1.12. The molecule has 0 aliphatic heterocycles. The maximum absolute atomic E-state index is 2.39. The molecule has 2 heteroatoms. The lowest BCUT2D eigenvalue weighted by Gasteiger charge is -2.26. The van der Waals surface area contributed by atoms with Gasteiger partial charge in [0.05, 0.1) is 11.0 Å². The Morgan fingerprint density at radius 2 is 0.911 bits per heavy atom. The molecule has 0 atom stereocenters. The Kier molecular flexibility index (Phi) is 6.73. The molecule has 214 valence electrons. The number of aryl methyl sites for hydroxylation is 1. The van der Waals surface area contributed by atoms with Crippen LogP contribution >= 0.6 is 0 Å². The van der Waals surface area contributed by atoms with Crippen LogP contribution in [0.15, 0.2) is 176 Å². The molecule has 7 aromatic carbocycles. The van der Waals surface area contributed by atoms with Crippen molar-refractivity contribution in [3.05, 3.63) is 181 Å². The molecule has 0 saturated heterocycles. The fourth-order valence-corrected chi connectivity index (χ4v) is 6.47. The van der Waals surface area contributed by atoms with Crippen LogP contribution in [0.25, 0.3) is 49.7 Å². The number of fused-ring (bicyclic) bond motifs is 3. The summed E-state index contributed by atoms with van der Waals surface area (Å²) in [6.07, 6.45) is 0. The van der Waals surface area contributed by atoms with E-state index in [2.05, 4.69) is 192 Å². The van der Waals surface area contributed by atoms with E-state index in [9.17, 15) is 0 Å². The summed E-state index contributed by atoms with van der Waals surface area (Å²) in [7, 11) is 0. The van der Waals surface area contributed by atoms with Crippen molar-refractivity contribution in [1.82, 2.24) is 4.57 Å². The van der Waals surface area contributed by atoms with E-state index in [1.54, 1.807) is 0 Å². The van der Waals surface area contributed by atoms with Gasteiger partial charge in [0.1, 0.15) is 0 Å². The third-order valence-electron chi connectivity index (χ3n) is 8.65. The summed E-state index contributed by atoms with van der Waals surface area (Å²) in [5.74, 6) is 0. The van der Waals surface area contributed by atoms with Crippen molar-refractivity contribution in [2.45, 2.75) is 6.92 Å². The Morgan fingerprint density at radius 1 is 0.400 bits per heavy atom. The first-order chi connectivity index (χ1) is 22.2. The van der Waals surface area contributed by atoms with Gasteiger partial charge in [0.15, 0.2) is 0 Å². The highest BCUT2D eigenvalue weighted by atomic mass is 15.1. The predicted molar refractivity (Wildman–Crippen MR) is 191 cm³/mol. The highest BCUT2D eigenvalue weighted by molar-refractivity contribution is 6.12. The molecule has 0 bridgehead atoms. The van der Waals surface area contributed by atoms with E-state index in [4.69, 9.17) is 0 Å². The Labute approximate surface area is 264 Å². The van der Waals surface area contributed by atoms with E-state index in [1.807, 2.05) is 0 Å². The molecule has 0 aliphatic carbocycles. The Bertz CT molecular complexity index is 2230. The van der Waals surface area contributed by atoms with Crippen LogP contribution in [-0.2, 0) is 0 Å². The smallest absolute Gasteiger partial charge is 0.0547 e. The van der Waals surface area contributed by atoms with Crippen LogP contribution < -0.4 is 4.90 Å². The van der Waals surface area contributed by atoms with Crippen LogP contribution in [0, 0.1) is 6.92 Å². The van der Waals surface area contributed by atoms with Crippen LogP contribution in [0.2, 0.25) is 0 Å². The van der Waals surface area contributed by atoms with Gasteiger partial charge in [0.25, 0.3) is 0 Å². The molecule has 0 unspecified atom stereocenters. The molecule has 0 N–H and O–H groups in total. The first-order valence-corrected chi connectivity index (χ1v) is 15.4. The van der Waals surface area contributed by atoms with E-state index in [0.29, 0.717) is 0 Å². The molecule has 0 saturated carbocycles. The monoisotopic (exact) mass is 576 g/mol. The average molecular weight is 577 g/mol. The lowest BCUT2D eigenvalue weighted by molar-refractivity contribution is 1.18.